The Kier molecular flexibility index (Phi) is 5.57. The third kappa shape index (κ3) is 4.64. The number of benzene rings is 2. The van der Waals surface area contributed by atoms with Gasteiger partial charge in [-0.3, -0.25) is 0 Å². The first kappa shape index (κ1) is 17.7. The van der Waals surface area contributed by atoms with E-state index in [1.54, 1.807) is 0 Å². The Labute approximate surface area is 138 Å². The molecule has 124 valence electrons. The van der Waals surface area contributed by atoms with Crippen molar-refractivity contribution in [2.75, 3.05) is 0 Å². The molecule has 0 unspecified atom stereocenters. The fraction of sp³-hybridized carbons (Fsp3) is 0.333. The molecule has 2 aromatic carbocycles. The van der Waals surface area contributed by atoms with Crippen LogP contribution in [0.1, 0.15) is 33.4 Å². The van der Waals surface area contributed by atoms with Gasteiger partial charge in [0.1, 0.15) is 0 Å². The van der Waals surface area contributed by atoms with Crippen LogP contribution in [-0.2, 0) is 32.0 Å². The first-order chi connectivity index (χ1) is 10.8. The molecule has 0 atom stereocenters. The molecular weight excluding hydrogens is 312 g/mol. The van der Waals surface area contributed by atoms with E-state index in [1.807, 2.05) is 64.1 Å². The Morgan fingerprint density at radius 1 is 0.739 bits per heavy atom. The van der Waals surface area contributed by atoms with E-state index >= 15 is 0 Å². The fourth-order valence-corrected chi connectivity index (χ4v) is 2.85. The average molecular weight is 334 g/mol. The van der Waals surface area contributed by atoms with Gasteiger partial charge in [0.25, 0.3) is 0 Å². The Bertz CT molecular complexity index is 733. The maximum Gasteiger partial charge on any atom is 0.400 e. The summed E-state index contributed by atoms with van der Waals surface area (Å²) in [7, 11) is -4.04. The van der Waals surface area contributed by atoms with Gasteiger partial charge in [-0.05, 0) is 61.1 Å². The summed E-state index contributed by atoms with van der Waals surface area (Å²) in [5.41, 5.74) is 5.92. The molecule has 0 bridgehead atoms. The van der Waals surface area contributed by atoms with Crippen LogP contribution in [0.25, 0.3) is 0 Å². The van der Waals surface area contributed by atoms with Crippen molar-refractivity contribution in [3.05, 3.63) is 69.8 Å². The quantitative estimate of drug-likeness (QED) is 0.804. The van der Waals surface area contributed by atoms with Gasteiger partial charge in [-0.1, -0.05) is 36.4 Å². The predicted octanol–water partition coefficient (Wildman–Crippen LogP) is 3.90. The highest BCUT2D eigenvalue weighted by atomic mass is 32.3. The van der Waals surface area contributed by atoms with Crippen LogP contribution in [0.4, 0.5) is 0 Å². The molecule has 0 saturated carbocycles. The normalized spacial score (nSPS) is 11.7. The van der Waals surface area contributed by atoms with Crippen LogP contribution in [-0.4, -0.2) is 8.42 Å². The second kappa shape index (κ2) is 7.25. The topological polar surface area (TPSA) is 52.6 Å². The van der Waals surface area contributed by atoms with E-state index in [-0.39, 0.29) is 13.2 Å². The molecule has 0 saturated heterocycles. The van der Waals surface area contributed by atoms with E-state index in [0.717, 1.165) is 33.4 Å². The van der Waals surface area contributed by atoms with Crippen LogP contribution < -0.4 is 0 Å². The van der Waals surface area contributed by atoms with E-state index in [9.17, 15) is 8.42 Å². The minimum absolute atomic E-state index is 0.0252. The van der Waals surface area contributed by atoms with Gasteiger partial charge in [0, 0.05) is 0 Å². The predicted molar refractivity (Wildman–Crippen MR) is 90.3 cm³/mol. The number of aryl methyl sites for hydroxylation is 2. The molecule has 0 spiro atoms. The summed E-state index contributed by atoms with van der Waals surface area (Å²) < 4.78 is 33.8. The van der Waals surface area contributed by atoms with Gasteiger partial charge in [0.15, 0.2) is 0 Å². The van der Waals surface area contributed by atoms with E-state index in [1.165, 1.54) is 0 Å². The molecule has 4 nitrogen and oxygen atoms in total. The van der Waals surface area contributed by atoms with Gasteiger partial charge in [-0.25, -0.2) is 8.37 Å². The molecule has 0 radical (unpaired) electrons. The Morgan fingerprint density at radius 2 is 1.13 bits per heavy atom. The third-order valence-electron chi connectivity index (χ3n) is 4.15. The van der Waals surface area contributed by atoms with Crippen molar-refractivity contribution in [3.8, 4) is 0 Å². The van der Waals surface area contributed by atoms with E-state index in [0.29, 0.717) is 0 Å². The monoisotopic (exact) mass is 334 g/mol. The molecule has 0 N–H and O–H groups in total. The third-order valence-corrected chi connectivity index (χ3v) is 4.96. The lowest BCUT2D eigenvalue weighted by Gasteiger charge is -2.11. The molecule has 2 aromatic rings. The fourth-order valence-electron chi connectivity index (χ4n) is 2.24. The maximum atomic E-state index is 11.9. The lowest BCUT2D eigenvalue weighted by Crippen LogP contribution is -2.11. The number of rotatable bonds is 6. The van der Waals surface area contributed by atoms with Crippen molar-refractivity contribution >= 4 is 10.4 Å². The van der Waals surface area contributed by atoms with Crippen molar-refractivity contribution in [1.82, 2.24) is 0 Å². The van der Waals surface area contributed by atoms with Gasteiger partial charge in [0.05, 0.1) is 13.2 Å². The van der Waals surface area contributed by atoms with E-state index in [2.05, 4.69) is 0 Å². The molecule has 0 amide bonds. The van der Waals surface area contributed by atoms with Crippen molar-refractivity contribution < 1.29 is 16.8 Å². The van der Waals surface area contributed by atoms with Crippen molar-refractivity contribution in [2.24, 2.45) is 0 Å². The Balaban J connectivity index is 2.00. The first-order valence-electron chi connectivity index (χ1n) is 7.44. The Hall–Kier alpha value is -1.69. The highest BCUT2D eigenvalue weighted by molar-refractivity contribution is 7.81. The average Bonchev–Trinajstić information content (AvgIpc) is 2.50. The smallest absolute Gasteiger partial charge is 0.243 e. The second-order valence-corrected chi connectivity index (χ2v) is 6.94. The highest BCUT2D eigenvalue weighted by Crippen LogP contribution is 2.17. The SMILES string of the molecule is Cc1cccc(COS(=O)(=O)OCc2cccc(C)c2C)c1C. The number of hydrogen-bond donors (Lipinski definition) is 0. The van der Waals surface area contributed by atoms with Gasteiger partial charge in [-0.15, -0.1) is 0 Å². The molecule has 2 rings (SSSR count). The summed E-state index contributed by atoms with van der Waals surface area (Å²) in [6, 6.07) is 11.4. The number of hydrogen-bond acceptors (Lipinski definition) is 4. The van der Waals surface area contributed by atoms with Crippen molar-refractivity contribution in [1.29, 1.82) is 0 Å². The van der Waals surface area contributed by atoms with Crippen LogP contribution in [0.15, 0.2) is 36.4 Å². The molecule has 5 heteroatoms. The molecule has 0 aliphatic rings. The highest BCUT2D eigenvalue weighted by Gasteiger charge is 2.14. The zero-order valence-corrected chi connectivity index (χ0v) is 14.7. The zero-order chi connectivity index (χ0) is 17.0. The molecule has 0 fully saturated rings. The van der Waals surface area contributed by atoms with E-state index in [4.69, 9.17) is 8.37 Å². The summed E-state index contributed by atoms with van der Waals surface area (Å²) in [4.78, 5) is 0. The van der Waals surface area contributed by atoms with Crippen LogP contribution in [0.2, 0.25) is 0 Å². The standard InChI is InChI=1S/C18H22O4S/c1-13-7-5-9-17(15(13)3)11-21-23(19,20)22-12-18-10-6-8-14(2)16(18)4/h5-10H,11-12H2,1-4H3. The zero-order valence-electron chi connectivity index (χ0n) is 13.9. The lowest BCUT2D eigenvalue weighted by molar-refractivity contribution is 0.201. The summed E-state index contributed by atoms with van der Waals surface area (Å²) in [5, 5.41) is 0. The van der Waals surface area contributed by atoms with Gasteiger partial charge in [0.2, 0.25) is 0 Å². The maximum absolute atomic E-state index is 11.9. The largest absolute Gasteiger partial charge is 0.400 e. The van der Waals surface area contributed by atoms with Crippen molar-refractivity contribution in [3.63, 3.8) is 0 Å². The van der Waals surface area contributed by atoms with E-state index < -0.39 is 10.4 Å². The summed E-state index contributed by atoms with van der Waals surface area (Å²) in [6.07, 6.45) is 0. The minimum atomic E-state index is -4.04. The van der Waals surface area contributed by atoms with Crippen molar-refractivity contribution in [2.45, 2.75) is 40.9 Å². The van der Waals surface area contributed by atoms with Crippen LogP contribution in [0.5, 0.6) is 0 Å². The van der Waals surface area contributed by atoms with Crippen LogP contribution in [0.3, 0.4) is 0 Å². The first-order valence-corrected chi connectivity index (χ1v) is 8.77. The summed E-state index contributed by atoms with van der Waals surface area (Å²) >= 11 is 0. The lowest BCUT2D eigenvalue weighted by atomic mass is 10.0. The van der Waals surface area contributed by atoms with Gasteiger partial charge < -0.3 is 0 Å². The molecular formula is C18H22O4S. The van der Waals surface area contributed by atoms with Gasteiger partial charge in [-0.2, -0.15) is 8.42 Å². The molecule has 0 aliphatic heterocycles. The van der Waals surface area contributed by atoms with Crippen LogP contribution in [0, 0.1) is 27.7 Å². The van der Waals surface area contributed by atoms with Crippen LogP contribution >= 0.6 is 0 Å². The second-order valence-electron chi connectivity index (χ2n) is 5.65. The summed E-state index contributed by atoms with van der Waals surface area (Å²) in [5.74, 6) is 0. The van der Waals surface area contributed by atoms with Gasteiger partial charge >= 0.3 is 10.4 Å². The molecule has 0 heterocycles. The summed E-state index contributed by atoms with van der Waals surface area (Å²) in [6.45, 7) is 7.79. The minimum Gasteiger partial charge on any atom is -0.243 e. The molecule has 0 aromatic heterocycles. The molecule has 0 aliphatic carbocycles. The molecule has 23 heavy (non-hydrogen) atoms. The Morgan fingerprint density at radius 3 is 1.52 bits per heavy atom.